The van der Waals surface area contributed by atoms with E-state index in [0.717, 1.165) is 50.1 Å². The van der Waals surface area contributed by atoms with Crippen LogP contribution in [-0.4, -0.2) is 0 Å². The molecule has 2 heteroatoms. The summed E-state index contributed by atoms with van der Waals surface area (Å²) in [5.41, 5.74) is 14.7. The molecule has 0 fully saturated rings. The molecule has 1 heterocycles. The summed E-state index contributed by atoms with van der Waals surface area (Å²) < 4.78 is 6.50. The lowest BCUT2D eigenvalue weighted by molar-refractivity contribution is 0.670. The summed E-state index contributed by atoms with van der Waals surface area (Å²) in [5.74, 6) is 0. The van der Waals surface area contributed by atoms with E-state index in [0.29, 0.717) is 0 Å². The Labute approximate surface area is 315 Å². The Morgan fingerprint density at radius 1 is 0.352 bits per heavy atom. The molecule has 0 radical (unpaired) electrons. The molecule has 10 aromatic rings. The van der Waals surface area contributed by atoms with Crippen molar-refractivity contribution in [3.05, 3.63) is 199 Å². The molecule has 0 N–H and O–H groups in total. The van der Waals surface area contributed by atoms with E-state index >= 15 is 0 Å². The molecule has 0 atom stereocenters. The molecule has 1 aromatic heterocycles. The first-order valence-corrected chi connectivity index (χ1v) is 18.6. The summed E-state index contributed by atoms with van der Waals surface area (Å²) in [6.07, 6.45) is 0. The predicted octanol–water partition coefficient (Wildman–Crippen LogP) is 15.0. The van der Waals surface area contributed by atoms with Gasteiger partial charge in [-0.15, -0.1) is 0 Å². The van der Waals surface area contributed by atoms with Gasteiger partial charge in [-0.1, -0.05) is 133 Å². The molecule has 2 nitrogen and oxygen atoms in total. The van der Waals surface area contributed by atoms with Crippen molar-refractivity contribution in [2.45, 2.75) is 13.8 Å². The lowest BCUT2D eigenvalue weighted by atomic mass is 9.97. The third-order valence-corrected chi connectivity index (χ3v) is 10.8. The molecule has 0 bridgehead atoms. The van der Waals surface area contributed by atoms with Crippen LogP contribution in [0.1, 0.15) is 11.1 Å². The van der Waals surface area contributed by atoms with Gasteiger partial charge in [0.1, 0.15) is 11.2 Å². The number of fused-ring (bicyclic) bond motifs is 5. The molecule has 0 aliphatic carbocycles. The van der Waals surface area contributed by atoms with Gasteiger partial charge in [0.25, 0.3) is 0 Å². The second-order valence-electron chi connectivity index (χ2n) is 14.3. The van der Waals surface area contributed by atoms with Crippen LogP contribution in [-0.2, 0) is 0 Å². The van der Waals surface area contributed by atoms with E-state index < -0.39 is 0 Å². The number of nitrogens with zero attached hydrogens (tertiary/aromatic N) is 1. The highest BCUT2D eigenvalue weighted by atomic mass is 16.3. The van der Waals surface area contributed by atoms with Crippen LogP contribution in [0.15, 0.2) is 192 Å². The van der Waals surface area contributed by atoms with Gasteiger partial charge in [-0.25, -0.2) is 0 Å². The molecule has 0 aliphatic heterocycles. The van der Waals surface area contributed by atoms with Gasteiger partial charge in [0.05, 0.1) is 0 Å². The molecule has 0 amide bonds. The van der Waals surface area contributed by atoms with Gasteiger partial charge in [0.2, 0.25) is 0 Å². The van der Waals surface area contributed by atoms with E-state index in [2.05, 4.69) is 207 Å². The highest BCUT2D eigenvalue weighted by Gasteiger charge is 2.17. The Morgan fingerprint density at radius 2 is 0.815 bits per heavy atom. The molecule has 0 aliphatic rings. The molecule has 10 rings (SSSR count). The third-order valence-electron chi connectivity index (χ3n) is 10.8. The molecule has 0 saturated heterocycles. The van der Waals surface area contributed by atoms with Gasteiger partial charge in [0.15, 0.2) is 0 Å². The minimum Gasteiger partial charge on any atom is -0.455 e. The molecule has 0 saturated carbocycles. The highest BCUT2D eigenvalue weighted by Crippen LogP contribution is 2.41. The summed E-state index contributed by atoms with van der Waals surface area (Å²) in [4.78, 5) is 2.35. The summed E-state index contributed by atoms with van der Waals surface area (Å²) >= 11 is 0. The molecular formula is C52H37NO. The average molecular weight is 692 g/mol. The normalized spacial score (nSPS) is 11.5. The predicted molar refractivity (Wildman–Crippen MR) is 229 cm³/mol. The summed E-state index contributed by atoms with van der Waals surface area (Å²) in [5, 5.41) is 7.33. The van der Waals surface area contributed by atoms with Crippen molar-refractivity contribution >= 4 is 60.5 Å². The maximum atomic E-state index is 6.50. The highest BCUT2D eigenvalue weighted by molar-refractivity contribution is 6.10. The van der Waals surface area contributed by atoms with Gasteiger partial charge >= 0.3 is 0 Å². The van der Waals surface area contributed by atoms with E-state index in [4.69, 9.17) is 4.42 Å². The monoisotopic (exact) mass is 691 g/mol. The zero-order valence-electron chi connectivity index (χ0n) is 30.3. The molecule has 0 spiro atoms. The number of furan rings is 1. The molecule has 0 unspecified atom stereocenters. The molecule has 9 aromatic carbocycles. The van der Waals surface area contributed by atoms with Gasteiger partial charge in [-0.3, -0.25) is 0 Å². The van der Waals surface area contributed by atoms with E-state index in [9.17, 15) is 0 Å². The van der Waals surface area contributed by atoms with Crippen LogP contribution in [0.4, 0.5) is 17.1 Å². The summed E-state index contributed by atoms with van der Waals surface area (Å²) in [7, 11) is 0. The van der Waals surface area contributed by atoms with Crippen LogP contribution in [0.25, 0.3) is 76.9 Å². The van der Waals surface area contributed by atoms with Crippen molar-refractivity contribution in [3.8, 4) is 33.4 Å². The lowest BCUT2D eigenvalue weighted by Crippen LogP contribution is -2.09. The van der Waals surface area contributed by atoms with Crippen molar-refractivity contribution < 1.29 is 4.42 Å². The number of hydrogen-bond acceptors (Lipinski definition) is 2. The number of rotatable bonds is 6. The molecular weight excluding hydrogens is 655 g/mol. The van der Waals surface area contributed by atoms with Crippen LogP contribution < -0.4 is 4.90 Å². The van der Waals surface area contributed by atoms with Gasteiger partial charge < -0.3 is 9.32 Å². The Morgan fingerprint density at radius 3 is 1.35 bits per heavy atom. The topological polar surface area (TPSA) is 16.4 Å². The zero-order chi connectivity index (χ0) is 36.2. The van der Waals surface area contributed by atoms with Crippen LogP contribution >= 0.6 is 0 Å². The maximum Gasteiger partial charge on any atom is 0.143 e. The number of benzene rings is 9. The number of anilines is 3. The average Bonchev–Trinajstić information content (AvgIpc) is 3.58. The Balaban J connectivity index is 1.07. The minimum absolute atomic E-state index is 0.920. The van der Waals surface area contributed by atoms with E-state index in [-0.39, 0.29) is 0 Å². The first-order valence-electron chi connectivity index (χ1n) is 18.6. The van der Waals surface area contributed by atoms with Gasteiger partial charge in [-0.2, -0.15) is 0 Å². The van der Waals surface area contributed by atoms with E-state index in [1.165, 1.54) is 54.9 Å². The third kappa shape index (κ3) is 5.52. The molecule has 54 heavy (non-hydrogen) atoms. The summed E-state index contributed by atoms with van der Waals surface area (Å²) in [6, 6.07) is 68.0. The largest absolute Gasteiger partial charge is 0.455 e. The van der Waals surface area contributed by atoms with Gasteiger partial charge in [-0.05, 0) is 129 Å². The van der Waals surface area contributed by atoms with Crippen molar-refractivity contribution in [1.29, 1.82) is 0 Å². The first-order chi connectivity index (χ1) is 26.6. The van der Waals surface area contributed by atoms with E-state index in [1.54, 1.807) is 0 Å². The Kier molecular flexibility index (Phi) is 7.63. The second kappa shape index (κ2) is 12.9. The van der Waals surface area contributed by atoms with Crippen molar-refractivity contribution in [2.24, 2.45) is 0 Å². The van der Waals surface area contributed by atoms with Gasteiger partial charge in [0, 0.05) is 33.4 Å². The zero-order valence-corrected chi connectivity index (χ0v) is 30.3. The van der Waals surface area contributed by atoms with Crippen LogP contribution in [0, 0.1) is 13.8 Å². The van der Waals surface area contributed by atoms with Crippen molar-refractivity contribution in [1.82, 2.24) is 0 Å². The quantitative estimate of drug-likeness (QED) is 0.173. The second-order valence-corrected chi connectivity index (χ2v) is 14.3. The van der Waals surface area contributed by atoms with Crippen LogP contribution in [0.3, 0.4) is 0 Å². The Hall–Kier alpha value is -6.90. The van der Waals surface area contributed by atoms with Crippen molar-refractivity contribution in [2.75, 3.05) is 4.90 Å². The first kappa shape index (κ1) is 31.8. The number of aryl methyl sites for hydroxylation is 2. The number of hydrogen-bond donors (Lipinski definition) is 0. The fraction of sp³-hybridized carbons (Fsp3) is 0.0385. The standard InChI is InChI=1S/C52H37NO/c1-34-17-30-51-49(31-34)50-33-35(2)32-48(52(50)54-51)40-22-28-43(29-23-40)53(41-24-18-38(19-25-41)46-15-7-11-36-9-3-5-13-44(36)46)42-26-20-39(21-27-42)47-16-8-12-37-10-4-6-14-45(37)47/h3-33H,1-2H3. The van der Waals surface area contributed by atoms with Crippen molar-refractivity contribution in [3.63, 3.8) is 0 Å². The fourth-order valence-electron chi connectivity index (χ4n) is 8.12. The minimum atomic E-state index is 0.920. The summed E-state index contributed by atoms with van der Waals surface area (Å²) in [6.45, 7) is 4.30. The van der Waals surface area contributed by atoms with E-state index in [1.807, 2.05) is 0 Å². The SMILES string of the molecule is Cc1ccc2oc3c(-c4ccc(N(c5ccc(-c6cccc7ccccc67)cc5)c5ccc(-c6cccc7ccccc67)cc5)cc4)cc(C)cc3c2c1. The van der Waals surface area contributed by atoms with Crippen LogP contribution in [0.2, 0.25) is 0 Å². The molecule has 256 valence electrons. The fourth-order valence-corrected chi connectivity index (χ4v) is 8.12. The Bertz CT molecular complexity index is 2850. The van der Waals surface area contributed by atoms with Crippen LogP contribution in [0.5, 0.6) is 0 Å². The lowest BCUT2D eigenvalue weighted by Gasteiger charge is -2.26. The smallest absolute Gasteiger partial charge is 0.143 e. The maximum absolute atomic E-state index is 6.50.